The fourth-order valence-corrected chi connectivity index (χ4v) is 3.63. The van der Waals surface area contributed by atoms with Crippen molar-refractivity contribution in [2.75, 3.05) is 0 Å². The molecule has 0 radical (unpaired) electrons. The fourth-order valence-electron chi connectivity index (χ4n) is 3.63. The van der Waals surface area contributed by atoms with E-state index in [1.165, 1.54) is 128 Å². The first-order valence-corrected chi connectivity index (χ1v) is 11.6. The van der Waals surface area contributed by atoms with Gasteiger partial charge in [-0.3, -0.25) is 0 Å². The van der Waals surface area contributed by atoms with Gasteiger partial charge in [-0.25, -0.2) is 0 Å². The molecule has 0 rings (SSSR count). The first-order chi connectivity index (χ1) is 11.8. The second kappa shape index (κ2) is 28.5. The van der Waals surface area contributed by atoms with E-state index in [1.54, 1.807) is 0 Å². The van der Waals surface area contributed by atoms with Crippen LogP contribution in [0.3, 0.4) is 0 Å². The van der Waals surface area contributed by atoms with Crippen LogP contribution in [0.25, 0.3) is 0 Å². The molecular weight excluding hydrogens is 392 g/mol. The number of rotatable bonds is 20. The maximum atomic E-state index is 4.37. The molecule has 0 aromatic heterocycles. The summed E-state index contributed by atoms with van der Waals surface area (Å²) >= 11 is 0. The maximum Gasteiger partial charge on any atom is 2.00 e. The van der Waals surface area contributed by atoms with E-state index >= 15 is 0 Å². The molecule has 1 unspecified atom stereocenters. The van der Waals surface area contributed by atoms with Crippen LogP contribution in [0.2, 0.25) is 0 Å². The van der Waals surface area contributed by atoms with Gasteiger partial charge in [-0.15, -0.1) is 0 Å². The number of hydrogen-bond donors (Lipinski definition) is 0. The molecule has 2 heteroatoms. The molecule has 0 amide bonds. The Labute approximate surface area is 194 Å². The number of unbranched alkanes of at least 4 members (excludes halogenated alkanes) is 16. The second-order valence-corrected chi connectivity index (χ2v) is 8.10. The molecule has 154 valence electrons. The normalized spacial score (nSPS) is 11.7. The van der Waals surface area contributed by atoms with Crippen LogP contribution in [0, 0.1) is 12.8 Å². The van der Waals surface area contributed by atoms with Gasteiger partial charge >= 0.3 is 23.1 Å². The van der Waals surface area contributed by atoms with E-state index in [2.05, 4.69) is 20.8 Å². The van der Waals surface area contributed by atoms with Crippen molar-refractivity contribution >= 4 is 23.1 Å². The smallest absolute Gasteiger partial charge is 1.00 e. The van der Waals surface area contributed by atoms with Crippen LogP contribution in [-0.4, -0.2) is 23.1 Å². The fraction of sp³-hybridized carbons (Fsp3) is 0.958. The maximum absolute atomic E-state index is 4.37. The van der Waals surface area contributed by atoms with Crippen LogP contribution < -0.4 is 17.0 Å². The van der Waals surface area contributed by atoms with Crippen molar-refractivity contribution in [2.24, 2.45) is 5.92 Å². The van der Waals surface area contributed by atoms with E-state index in [0.29, 0.717) is 0 Å². The Morgan fingerprint density at radius 3 is 0.962 bits per heavy atom. The monoisotopic (exact) mass is 440 g/mol. The summed E-state index contributed by atoms with van der Waals surface area (Å²) in [6, 6.07) is 0. The van der Waals surface area contributed by atoms with Gasteiger partial charge in [-0.2, -0.15) is 5.92 Å². The summed E-state index contributed by atoms with van der Waals surface area (Å²) < 4.78 is 0. The van der Waals surface area contributed by atoms with Crippen molar-refractivity contribution in [1.82, 2.24) is 0 Å². The van der Waals surface area contributed by atoms with Crippen LogP contribution in [0.15, 0.2) is 0 Å². The van der Waals surface area contributed by atoms with Gasteiger partial charge in [0.1, 0.15) is 0 Å². The van der Waals surface area contributed by atoms with E-state index in [0.717, 1.165) is 5.92 Å². The van der Waals surface area contributed by atoms with Gasteiger partial charge < -0.3 is 23.9 Å². The van der Waals surface area contributed by atoms with E-state index in [4.69, 9.17) is 0 Å². The molecule has 0 aliphatic heterocycles. The topological polar surface area (TPSA) is 0 Å². The quantitative estimate of drug-likeness (QED) is 0.125. The Hall–Kier alpha value is 1.25. The zero-order valence-corrected chi connectivity index (χ0v) is 21.5. The molecule has 0 bridgehead atoms. The van der Waals surface area contributed by atoms with Crippen LogP contribution in [0.4, 0.5) is 0 Å². The average molecular weight is 442 g/mol. The van der Waals surface area contributed by atoms with Crippen molar-refractivity contribution in [3.63, 3.8) is 0 Å². The molecule has 0 N–H and O–H groups in total. The summed E-state index contributed by atoms with van der Waals surface area (Å²) in [7, 11) is 0. The van der Waals surface area contributed by atoms with Crippen LogP contribution >= 0.6 is 0 Å². The first kappa shape index (κ1) is 31.9. The van der Waals surface area contributed by atoms with Gasteiger partial charge in [0.25, 0.3) is 0 Å². The third-order valence-corrected chi connectivity index (χ3v) is 5.43. The van der Waals surface area contributed by atoms with Crippen LogP contribution in [0.5, 0.6) is 0 Å². The first-order valence-electron chi connectivity index (χ1n) is 11.6. The molecule has 1 atom stereocenters. The zero-order valence-electron chi connectivity index (χ0n) is 18.5. The van der Waals surface area contributed by atoms with E-state index in [9.17, 15) is 0 Å². The molecule has 0 aliphatic rings. The average Bonchev–Trinajstić information content (AvgIpc) is 2.59. The van der Waals surface area contributed by atoms with Gasteiger partial charge in [-0.1, -0.05) is 142 Å². The minimum atomic E-state index is 0. The van der Waals surface area contributed by atoms with Crippen molar-refractivity contribution in [1.29, 1.82) is 0 Å². The van der Waals surface area contributed by atoms with Crippen LogP contribution in [-0.2, 0) is 0 Å². The molecule has 0 saturated heterocycles. The predicted molar refractivity (Wildman–Crippen MR) is 118 cm³/mol. The predicted octanol–water partition coefficient (Wildman–Crippen LogP) is 5.90. The summed E-state index contributed by atoms with van der Waals surface area (Å²) in [5.41, 5.74) is 0. The van der Waals surface area contributed by atoms with Crippen molar-refractivity contribution in [3.05, 3.63) is 6.92 Å². The van der Waals surface area contributed by atoms with Gasteiger partial charge in [0.2, 0.25) is 0 Å². The molecule has 26 heavy (non-hydrogen) atoms. The third-order valence-electron chi connectivity index (χ3n) is 5.43. The zero-order chi connectivity index (χ0) is 17.7. The molecule has 0 saturated carbocycles. The van der Waals surface area contributed by atoms with E-state index in [1.807, 2.05) is 0 Å². The third kappa shape index (κ3) is 27.5. The Morgan fingerprint density at radius 2 is 0.692 bits per heavy atom. The standard InChI is InChI=1S/C24H49.BrH.Mg/c1-4-6-8-10-12-14-15-17-19-21-23-24(3)22-20-18-16-13-11-9-7-5-2;;/h24H,3-23H2,1-2H3;1H;/q-1;;+2/p-1. The summed E-state index contributed by atoms with van der Waals surface area (Å²) in [5.74, 6) is 0.721. The molecular formula is C24H49BrMg. The summed E-state index contributed by atoms with van der Waals surface area (Å²) in [5, 5.41) is 0. The van der Waals surface area contributed by atoms with E-state index < -0.39 is 0 Å². The summed E-state index contributed by atoms with van der Waals surface area (Å²) in [4.78, 5) is 0. The number of hydrogen-bond acceptors (Lipinski definition) is 0. The van der Waals surface area contributed by atoms with Crippen LogP contribution in [0.1, 0.15) is 142 Å². The minimum absolute atomic E-state index is 0. The molecule has 0 nitrogen and oxygen atoms in total. The van der Waals surface area contributed by atoms with Crippen molar-refractivity contribution in [3.8, 4) is 0 Å². The van der Waals surface area contributed by atoms with Gasteiger partial charge in [0, 0.05) is 0 Å². The molecule has 0 aromatic carbocycles. The number of halogens is 1. The van der Waals surface area contributed by atoms with Gasteiger partial charge in [0.15, 0.2) is 0 Å². The van der Waals surface area contributed by atoms with Crippen molar-refractivity contribution < 1.29 is 17.0 Å². The summed E-state index contributed by atoms with van der Waals surface area (Å²) in [6.07, 6.45) is 28.6. The molecule has 0 aromatic rings. The SMILES string of the molecule is [Br-].[CH2-]C(CCCCCCCCCC)CCCCCCCCCCCC.[Mg+2]. The van der Waals surface area contributed by atoms with Gasteiger partial charge in [-0.05, 0) is 0 Å². The van der Waals surface area contributed by atoms with Gasteiger partial charge in [0.05, 0.1) is 0 Å². The Balaban J connectivity index is -0.00000264. The molecule has 0 spiro atoms. The largest absolute Gasteiger partial charge is 2.00 e. The summed E-state index contributed by atoms with van der Waals surface area (Å²) in [6.45, 7) is 8.96. The Kier molecular flexibility index (Phi) is 34.9. The second-order valence-electron chi connectivity index (χ2n) is 8.10. The Morgan fingerprint density at radius 1 is 0.462 bits per heavy atom. The molecule has 0 fully saturated rings. The Bertz CT molecular complexity index is 220. The molecule has 0 heterocycles. The molecule has 0 aliphatic carbocycles. The van der Waals surface area contributed by atoms with E-state index in [-0.39, 0.29) is 40.0 Å². The minimum Gasteiger partial charge on any atom is -1.00 e. The van der Waals surface area contributed by atoms with Crippen molar-refractivity contribution in [2.45, 2.75) is 142 Å².